The third-order valence-corrected chi connectivity index (χ3v) is 3.07. The molecule has 5 heteroatoms. The second-order valence-corrected chi connectivity index (χ2v) is 4.84. The molecule has 0 saturated carbocycles. The van der Waals surface area contributed by atoms with Crippen molar-refractivity contribution < 1.29 is 4.74 Å². The molecule has 1 atom stereocenters. The molecule has 1 aromatic rings. The number of rotatable bonds is 5. The number of anilines is 1. The Bertz CT molecular complexity index is 372. The van der Waals surface area contributed by atoms with Crippen molar-refractivity contribution in [2.24, 2.45) is 0 Å². The average molecular weight is 250 g/mol. The number of hydrogen-bond donors (Lipinski definition) is 1. The molecule has 2 heterocycles. The Labute approximate surface area is 109 Å². The van der Waals surface area contributed by atoms with Gasteiger partial charge in [0, 0.05) is 18.7 Å². The summed E-state index contributed by atoms with van der Waals surface area (Å²) in [4.78, 5) is 10.7. The number of nitrogens with zero attached hydrogens (tertiary/aromatic N) is 3. The van der Waals surface area contributed by atoms with E-state index in [9.17, 15) is 0 Å². The monoisotopic (exact) mass is 250 g/mol. The molecule has 1 saturated heterocycles. The third-order valence-electron chi connectivity index (χ3n) is 3.07. The Morgan fingerprint density at radius 3 is 3.17 bits per heavy atom. The van der Waals surface area contributed by atoms with Gasteiger partial charge in [-0.2, -0.15) is 0 Å². The zero-order chi connectivity index (χ0) is 12.8. The van der Waals surface area contributed by atoms with Gasteiger partial charge in [0.25, 0.3) is 0 Å². The molecule has 0 amide bonds. The van der Waals surface area contributed by atoms with Gasteiger partial charge in [0.2, 0.25) is 5.88 Å². The molecule has 1 aliphatic rings. The summed E-state index contributed by atoms with van der Waals surface area (Å²) in [6.45, 7) is 5.03. The average Bonchev–Trinajstić information content (AvgIpc) is 2.37. The predicted molar refractivity (Wildman–Crippen MR) is 72.0 cm³/mol. The fraction of sp³-hybridized carbons (Fsp3) is 0.692. The predicted octanol–water partition coefficient (Wildman–Crippen LogP) is 1.77. The van der Waals surface area contributed by atoms with Crippen LogP contribution in [0.3, 0.4) is 0 Å². The summed E-state index contributed by atoms with van der Waals surface area (Å²) < 4.78 is 5.50. The minimum atomic E-state index is 0.470. The SMILES string of the molecule is CCCOc1cc(NC2CCCN(C)C2)ncn1. The molecule has 1 fully saturated rings. The summed E-state index contributed by atoms with van der Waals surface area (Å²) in [5.41, 5.74) is 0. The van der Waals surface area contributed by atoms with Gasteiger partial charge >= 0.3 is 0 Å². The Kier molecular flexibility index (Phi) is 4.75. The van der Waals surface area contributed by atoms with Crippen LogP contribution in [0.4, 0.5) is 5.82 Å². The Hall–Kier alpha value is -1.36. The minimum absolute atomic E-state index is 0.470. The van der Waals surface area contributed by atoms with Crippen molar-refractivity contribution in [1.82, 2.24) is 14.9 Å². The molecule has 1 N–H and O–H groups in total. The fourth-order valence-electron chi connectivity index (χ4n) is 2.20. The van der Waals surface area contributed by atoms with E-state index in [2.05, 4.69) is 34.2 Å². The van der Waals surface area contributed by atoms with Crippen LogP contribution in [0.25, 0.3) is 0 Å². The first-order valence-electron chi connectivity index (χ1n) is 6.68. The number of likely N-dealkylation sites (N-methyl/N-ethyl adjacent to an activating group) is 1. The van der Waals surface area contributed by atoms with E-state index in [0.717, 1.165) is 18.8 Å². The van der Waals surface area contributed by atoms with Crippen molar-refractivity contribution in [1.29, 1.82) is 0 Å². The third kappa shape index (κ3) is 3.84. The Morgan fingerprint density at radius 1 is 1.50 bits per heavy atom. The lowest BCUT2D eigenvalue weighted by molar-refractivity contribution is 0.260. The molecule has 0 aliphatic carbocycles. The number of ether oxygens (including phenoxy) is 1. The van der Waals surface area contributed by atoms with Gasteiger partial charge in [0.15, 0.2) is 0 Å². The molecule has 18 heavy (non-hydrogen) atoms. The highest BCUT2D eigenvalue weighted by Crippen LogP contribution is 2.16. The second-order valence-electron chi connectivity index (χ2n) is 4.84. The first-order chi connectivity index (χ1) is 8.78. The van der Waals surface area contributed by atoms with E-state index in [4.69, 9.17) is 4.74 Å². The van der Waals surface area contributed by atoms with Crippen molar-refractivity contribution in [3.8, 4) is 5.88 Å². The highest BCUT2D eigenvalue weighted by Gasteiger charge is 2.17. The van der Waals surface area contributed by atoms with E-state index >= 15 is 0 Å². The quantitative estimate of drug-likeness (QED) is 0.863. The highest BCUT2D eigenvalue weighted by atomic mass is 16.5. The van der Waals surface area contributed by atoms with Crippen LogP contribution in [0.5, 0.6) is 5.88 Å². The van der Waals surface area contributed by atoms with Gasteiger partial charge in [-0.25, -0.2) is 9.97 Å². The first-order valence-corrected chi connectivity index (χ1v) is 6.68. The van der Waals surface area contributed by atoms with Crippen LogP contribution in [0.1, 0.15) is 26.2 Å². The fourth-order valence-corrected chi connectivity index (χ4v) is 2.20. The van der Waals surface area contributed by atoms with Crippen molar-refractivity contribution in [2.45, 2.75) is 32.2 Å². The summed E-state index contributed by atoms with van der Waals surface area (Å²) in [7, 11) is 2.16. The van der Waals surface area contributed by atoms with Crippen molar-refractivity contribution in [2.75, 3.05) is 32.1 Å². The van der Waals surface area contributed by atoms with Gasteiger partial charge in [-0.05, 0) is 32.9 Å². The molecule has 0 aromatic carbocycles. The van der Waals surface area contributed by atoms with Gasteiger partial charge in [-0.1, -0.05) is 6.92 Å². The van der Waals surface area contributed by atoms with Crippen LogP contribution in [-0.4, -0.2) is 47.7 Å². The van der Waals surface area contributed by atoms with Gasteiger partial charge in [0.05, 0.1) is 6.61 Å². The Balaban J connectivity index is 1.91. The normalized spacial score (nSPS) is 20.7. The van der Waals surface area contributed by atoms with E-state index < -0.39 is 0 Å². The van der Waals surface area contributed by atoms with Crippen LogP contribution in [0, 0.1) is 0 Å². The molecular formula is C13H22N4O. The summed E-state index contributed by atoms with van der Waals surface area (Å²) in [6.07, 6.45) is 4.97. The lowest BCUT2D eigenvalue weighted by atomic mass is 10.1. The molecule has 1 unspecified atom stereocenters. The summed E-state index contributed by atoms with van der Waals surface area (Å²) in [5.74, 6) is 1.51. The van der Waals surface area contributed by atoms with E-state index in [1.165, 1.54) is 19.4 Å². The lowest BCUT2D eigenvalue weighted by Gasteiger charge is -2.30. The molecule has 0 spiro atoms. The van der Waals surface area contributed by atoms with Gasteiger partial charge < -0.3 is 15.0 Å². The number of piperidine rings is 1. The molecule has 1 aliphatic heterocycles. The molecule has 1 aromatic heterocycles. The van der Waals surface area contributed by atoms with Crippen LogP contribution in [0.15, 0.2) is 12.4 Å². The van der Waals surface area contributed by atoms with Gasteiger partial charge in [-0.15, -0.1) is 0 Å². The summed E-state index contributed by atoms with van der Waals surface area (Å²) in [6, 6.07) is 2.35. The number of nitrogens with one attached hydrogen (secondary N) is 1. The first kappa shape index (κ1) is 13.1. The van der Waals surface area contributed by atoms with E-state index in [0.29, 0.717) is 18.5 Å². The number of likely N-dealkylation sites (tertiary alicyclic amines) is 1. The zero-order valence-electron chi connectivity index (χ0n) is 11.2. The standard InChI is InChI=1S/C13H22N4O/c1-3-7-18-13-8-12(14-10-15-13)16-11-5-4-6-17(2)9-11/h8,10-11H,3-7,9H2,1-2H3,(H,14,15,16). The van der Waals surface area contributed by atoms with E-state index in [1.54, 1.807) is 6.33 Å². The van der Waals surface area contributed by atoms with Crippen molar-refractivity contribution in [3.63, 3.8) is 0 Å². The molecule has 0 radical (unpaired) electrons. The highest BCUT2D eigenvalue weighted by molar-refractivity contribution is 5.38. The zero-order valence-corrected chi connectivity index (χ0v) is 11.2. The largest absolute Gasteiger partial charge is 0.478 e. The summed E-state index contributed by atoms with van der Waals surface area (Å²) in [5, 5.41) is 3.46. The maximum atomic E-state index is 5.50. The van der Waals surface area contributed by atoms with E-state index in [1.807, 2.05) is 6.07 Å². The van der Waals surface area contributed by atoms with Crippen LogP contribution in [-0.2, 0) is 0 Å². The minimum Gasteiger partial charge on any atom is -0.478 e. The number of hydrogen-bond acceptors (Lipinski definition) is 5. The van der Waals surface area contributed by atoms with Crippen LogP contribution >= 0.6 is 0 Å². The lowest BCUT2D eigenvalue weighted by Crippen LogP contribution is -2.39. The summed E-state index contributed by atoms with van der Waals surface area (Å²) >= 11 is 0. The molecular weight excluding hydrogens is 228 g/mol. The van der Waals surface area contributed by atoms with Gasteiger partial charge in [0.1, 0.15) is 12.1 Å². The molecule has 2 rings (SSSR count). The maximum absolute atomic E-state index is 5.50. The van der Waals surface area contributed by atoms with Crippen LogP contribution < -0.4 is 10.1 Å². The topological polar surface area (TPSA) is 50.3 Å². The van der Waals surface area contributed by atoms with Crippen molar-refractivity contribution in [3.05, 3.63) is 12.4 Å². The number of aromatic nitrogens is 2. The smallest absolute Gasteiger partial charge is 0.218 e. The maximum Gasteiger partial charge on any atom is 0.218 e. The van der Waals surface area contributed by atoms with Crippen LogP contribution in [0.2, 0.25) is 0 Å². The van der Waals surface area contributed by atoms with Gasteiger partial charge in [-0.3, -0.25) is 0 Å². The molecule has 100 valence electrons. The molecule has 5 nitrogen and oxygen atoms in total. The van der Waals surface area contributed by atoms with E-state index in [-0.39, 0.29) is 0 Å². The molecule has 0 bridgehead atoms. The van der Waals surface area contributed by atoms with Crippen molar-refractivity contribution >= 4 is 5.82 Å². The Morgan fingerprint density at radius 2 is 2.39 bits per heavy atom. The second kappa shape index (κ2) is 6.54.